The molecule has 0 saturated heterocycles. The number of alkyl carbamates (subject to hydrolysis) is 1. The van der Waals surface area contributed by atoms with Gasteiger partial charge in [0.2, 0.25) is 5.91 Å². The number of benzene rings is 3. The van der Waals surface area contributed by atoms with Crippen molar-refractivity contribution < 1.29 is 38.9 Å². The summed E-state index contributed by atoms with van der Waals surface area (Å²) in [5.74, 6) is -2.81. The maximum absolute atomic E-state index is 14.3. The maximum Gasteiger partial charge on any atom is 0.408 e. The van der Waals surface area contributed by atoms with Crippen molar-refractivity contribution in [3.63, 3.8) is 0 Å². The van der Waals surface area contributed by atoms with Gasteiger partial charge in [0.05, 0.1) is 0 Å². The van der Waals surface area contributed by atoms with Crippen molar-refractivity contribution in [2.75, 3.05) is 0 Å². The number of carbonyl (C=O) groups excluding carboxylic acids is 4. The Hall–Kier alpha value is -5.50. The zero-order chi connectivity index (χ0) is 35.6. The molecule has 11 nitrogen and oxygen atoms in total. The van der Waals surface area contributed by atoms with E-state index in [9.17, 15) is 29.4 Å². The molecule has 3 atom stereocenters. The molecule has 254 valence electrons. The van der Waals surface area contributed by atoms with Crippen molar-refractivity contribution in [1.29, 1.82) is 0 Å². The van der Waals surface area contributed by atoms with Crippen molar-refractivity contribution >= 4 is 23.9 Å². The molecule has 3 rings (SSSR count). The van der Waals surface area contributed by atoms with E-state index in [1.54, 1.807) is 84.0 Å². The zero-order valence-electron chi connectivity index (χ0n) is 28.0. The Morgan fingerprint density at radius 2 is 1.29 bits per heavy atom. The first-order valence-corrected chi connectivity index (χ1v) is 15.4. The molecule has 0 fully saturated rings. The summed E-state index contributed by atoms with van der Waals surface area (Å²) in [6.07, 6.45) is 4.96. The highest BCUT2D eigenvalue weighted by molar-refractivity contribution is 5.95. The molecule has 3 aromatic rings. The number of nitrogens with one attached hydrogen (secondary N) is 2. The van der Waals surface area contributed by atoms with Gasteiger partial charge in [0, 0.05) is 24.4 Å². The molecule has 0 spiro atoms. The molecule has 0 aromatic heterocycles. The van der Waals surface area contributed by atoms with Crippen LogP contribution >= 0.6 is 0 Å². The Morgan fingerprint density at radius 1 is 0.750 bits per heavy atom. The van der Waals surface area contributed by atoms with Gasteiger partial charge in [0.25, 0.3) is 5.91 Å². The van der Waals surface area contributed by atoms with Crippen molar-refractivity contribution in [2.45, 2.75) is 83.7 Å². The summed E-state index contributed by atoms with van der Waals surface area (Å²) < 4.78 is 11.0. The number of phenols is 2. The lowest BCUT2D eigenvalue weighted by Gasteiger charge is -2.32. The van der Waals surface area contributed by atoms with Crippen LogP contribution < -0.4 is 10.6 Å². The highest BCUT2D eigenvalue weighted by Gasteiger charge is 2.39. The molecular formula is C37H43N3O8. The molecule has 3 amide bonds. The number of hydrogen-bond acceptors (Lipinski definition) is 8. The first kappa shape index (κ1) is 37.0. The number of hydrogen-bond donors (Lipinski definition) is 4. The van der Waals surface area contributed by atoms with Gasteiger partial charge in [-0.3, -0.25) is 14.5 Å². The van der Waals surface area contributed by atoms with Crippen molar-refractivity contribution in [3.8, 4) is 24.0 Å². The molecule has 0 radical (unpaired) electrons. The van der Waals surface area contributed by atoms with Crippen molar-refractivity contribution in [2.24, 2.45) is 0 Å². The van der Waals surface area contributed by atoms with Crippen LogP contribution in [0.4, 0.5) is 4.79 Å². The predicted molar refractivity (Wildman–Crippen MR) is 179 cm³/mol. The normalized spacial score (nSPS) is 13.2. The zero-order valence-corrected chi connectivity index (χ0v) is 28.0. The maximum atomic E-state index is 14.3. The number of nitrogens with zero attached hydrogens (tertiary/aromatic N) is 1. The number of esters is 1. The van der Waals surface area contributed by atoms with E-state index in [1.165, 1.54) is 30.3 Å². The van der Waals surface area contributed by atoms with E-state index in [0.717, 1.165) is 10.5 Å². The van der Waals surface area contributed by atoms with Crippen molar-refractivity contribution in [1.82, 2.24) is 15.5 Å². The first-order chi connectivity index (χ1) is 22.5. The van der Waals surface area contributed by atoms with Gasteiger partial charge in [-0.05, 0) is 70.9 Å². The van der Waals surface area contributed by atoms with Crippen LogP contribution in [0.2, 0.25) is 0 Å². The van der Waals surface area contributed by atoms with Crippen LogP contribution in [0, 0.1) is 12.5 Å². The van der Waals surface area contributed by atoms with Gasteiger partial charge < -0.3 is 30.3 Å². The molecule has 0 heterocycles. The number of aromatic hydroxyl groups is 2. The number of ether oxygens (including phenoxy) is 2. The Balaban J connectivity index is 2.06. The Labute approximate surface area is 281 Å². The summed E-state index contributed by atoms with van der Waals surface area (Å²) in [6.45, 7) is 10.1. The van der Waals surface area contributed by atoms with Crippen LogP contribution in [-0.4, -0.2) is 62.3 Å². The topological polar surface area (TPSA) is 154 Å². The standard InChI is InChI=1S/C37H43N3O8/c1-8-40(33(44)28(39-35(46)48-37(5,6)7)22-25-18-20-26(41)21-19-25)31(27-16-12-13-17-30(27)42)32(43)38-29(34(45)47-36(2,3)4)23-24-14-10-9-11-15-24/h1,9-21,28-29,31,41-42H,22-23H2,2-7H3,(H,38,43)(H,39,46). The van der Waals surface area contributed by atoms with Gasteiger partial charge in [-0.2, -0.15) is 0 Å². The summed E-state index contributed by atoms with van der Waals surface area (Å²) in [5, 5.41) is 25.9. The molecule has 0 aliphatic heterocycles. The largest absolute Gasteiger partial charge is 0.508 e. The number of phenolic OH excluding ortho intramolecular Hbond substituents is 2. The van der Waals surface area contributed by atoms with Gasteiger partial charge in [-0.1, -0.05) is 67.1 Å². The second-order valence-corrected chi connectivity index (χ2v) is 13.2. The minimum atomic E-state index is -1.65. The van der Waals surface area contributed by atoms with Crippen LogP contribution in [0.15, 0.2) is 78.9 Å². The van der Waals surface area contributed by atoms with Crippen LogP contribution in [0.3, 0.4) is 0 Å². The van der Waals surface area contributed by atoms with Gasteiger partial charge >= 0.3 is 12.1 Å². The highest BCUT2D eigenvalue weighted by Crippen LogP contribution is 2.30. The molecule has 48 heavy (non-hydrogen) atoms. The van der Waals surface area contributed by atoms with E-state index in [2.05, 4.69) is 16.7 Å². The molecule has 0 saturated carbocycles. The molecule has 3 unspecified atom stereocenters. The Kier molecular flexibility index (Phi) is 12.2. The van der Waals surface area contributed by atoms with E-state index in [4.69, 9.17) is 15.9 Å². The average molecular weight is 658 g/mol. The van der Waals surface area contributed by atoms with Crippen LogP contribution in [0.5, 0.6) is 11.5 Å². The average Bonchev–Trinajstić information content (AvgIpc) is 2.99. The minimum absolute atomic E-state index is 0.00156. The van der Waals surface area contributed by atoms with Crippen LogP contribution in [0.25, 0.3) is 0 Å². The fourth-order valence-corrected chi connectivity index (χ4v) is 4.73. The summed E-state index contributed by atoms with van der Waals surface area (Å²) in [4.78, 5) is 55.6. The smallest absolute Gasteiger partial charge is 0.408 e. The first-order valence-electron chi connectivity index (χ1n) is 15.4. The number of amides is 3. The third-order valence-electron chi connectivity index (χ3n) is 6.77. The Bertz CT molecular complexity index is 1620. The van der Waals surface area contributed by atoms with Crippen LogP contribution in [-0.2, 0) is 36.7 Å². The van der Waals surface area contributed by atoms with Gasteiger partial charge in [0.1, 0.15) is 34.8 Å². The second-order valence-electron chi connectivity index (χ2n) is 13.2. The lowest BCUT2D eigenvalue weighted by molar-refractivity contribution is -0.159. The third kappa shape index (κ3) is 11.1. The number of carbonyl (C=O) groups is 4. The molecule has 3 aromatic carbocycles. The molecular weight excluding hydrogens is 614 g/mol. The number of rotatable bonds is 11. The van der Waals surface area contributed by atoms with E-state index >= 15 is 0 Å². The number of para-hydroxylation sites is 1. The van der Waals surface area contributed by atoms with Gasteiger partial charge in [-0.15, -0.1) is 0 Å². The summed E-state index contributed by atoms with van der Waals surface area (Å²) >= 11 is 0. The molecule has 11 heteroatoms. The van der Waals surface area contributed by atoms with Crippen molar-refractivity contribution in [3.05, 3.63) is 95.6 Å². The summed E-state index contributed by atoms with van der Waals surface area (Å²) in [6, 6.07) is 18.8. The molecule has 4 N–H and O–H groups in total. The molecule has 0 aliphatic carbocycles. The lowest BCUT2D eigenvalue weighted by Crippen LogP contribution is -2.54. The fraction of sp³-hybridized carbons (Fsp3) is 0.351. The summed E-state index contributed by atoms with van der Waals surface area (Å²) in [5.41, 5.74) is -0.507. The van der Waals surface area contributed by atoms with E-state index in [0.29, 0.717) is 5.56 Å². The lowest BCUT2D eigenvalue weighted by atomic mass is 9.99. The van der Waals surface area contributed by atoms with E-state index < -0.39 is 53.2 Å². The van der Waals surface area contributed by atoms with Gasteiger partial charge in [-0.25, -0.2) is 9.59 Å². The number of terminal acetylenes is 1. The molecule has 0 aliphatic rings. The quantitative estimate of drug-likeness (QED) is 0.131. The monoisotopic (exact) mass is 657 g/mol. The molecule has 0 bridgehead atoms. The van der Waals surface area contributed by atoms with Gasteiger partial charge in [0.15, 0.2) is 6.04 Å². The van der Waals surface area contributed by atoms with Crippen LogP contribution in [0.1, 0.15) is 64.3 Å². The van der Waals surface area contributed by atoms with E-state index in [1.807, 2.05) is 6.07 Å². The second kappa shape index (κ2) is 15.9. The Morgan fingerprint density at radius 3 is 1.85 bits per heavy atom. The minimum Gasteiger partial charge on any atom is -0.508 e. The predicted octanol–water partition coefficient (Wildman–Crippen LogP) is 4.76. The van der Waals surface area contributed by atoms with E-state index in [-0.39, 0.29) is 29.9 Å². The third-order valence-corrected chi connectivity index (χ3v) is 6.77. The summed E-state index contributed by atoms with van der Waals surface area (Å²) in [7, 11) is 0. The fourth-order valence-electron chi connectivity index (χ4n) is 4.73. The highest BCUT2D eigenvalue weighted by atomic mass is 16.6. The SMILES string of the molecule is C#CN(C(=O)C(Cc1ccc(O)cc1)NC(=O)OC(C)(C)C)C(C(=O)NC(Cc1ccccc1)C(=O)OC(C)(C)C)c1ccccc1O.